The lowest BCUT2D eigenvalue weighted by molar-refractivity contribution is -0.123. The quantitative estimate of drug-likeness (QED) is 0.0420. The standard InChI is InChI=1S/C68H123NO3/c1-3-5-7-9-11-13-15-17-19-21-23-25-27-29-31-33-34-36-38-40-42-44-46-48-50-52-54-56-58-60-62-64-68(72)69-66(65-70)67(71)63-61-59-57-55-53-51-49-47-45-43-41-39-37-35-32-30-28-26-24-22-20-18-16-14-12-10-8-6-4-2/h5,7,11,13,17,19,23,25,45,47,53,55,61,63,66-67,70-71H,3-4,6,8-10,12,14-16,18,20-22,24,26-44,46,48-52,54,56-60,62,64-65H2,1-2H3,(H,69,72)/b7-5-,13-11-,19-17-,25-23-,47-45+,55-53+,63-61+. The third-order valence-corrected chi connectivity index (χ3v) is 14.3. The summed E-state index contributed by atoms with van der Waals surface area (Å²) >= 11 is 0. The molecule has 3 N–H and O–H groups in total. The fourth-order valence-corrected chi connectivity index (χ4v) is 9.56. The summed E-state index contributed by atoms with van der Waals surface area (Å²) < 4.78 is 0. The second-order valence-corrected chi connectivity index (χ2v) is 21.4. The van der Waals surface area contributed by atoms with E-state index in [0.29, 0.717) is 6.42 Å². The van der Waals surface area contributed by atoms with E-state index in [9.17, 15) is 15.0 Å². The summed E-state index contributed by atoms with van der Waals surface area (Å²) in [6.07, 6.45) is 92.1. The molecule has 0 aliphatic carbocycles. The Balaban J connectivity index is 3.52. The van der Waals surface area contributed by atoms with E-state index in [1.807, 2.05) is 6.08 Å². The van der Waals surface area contributed by atoms with Crippen molar-refractivity contribution >= 4 is 5.91 Å². The Morgan fingerprint density at radius 1 is 0.347 bits per heavy atom. The Kier molecular flexibility index (Phi) is 60.7. The number of rotatable bonds is 58. The first-order valence-corrected chi connectivity index (χ1v) is 31.8. The molecule has 72 heavy (non-hydrogen) atoms. The lowest BCUT2D eigenvalue weighted by atomic mass is 10.0. The third kappa shape index (κ3) is 58.5. The number of allylic oxidation sites excluding steroid dienone is 13. The molecule has 4 heteroatoms. The zero-order valence-electron chi connectivity index (χ0n) is 48.2. The van der Waals surface area contributed by atoms with E-state index in [-0.39, 0.29) is 12.5 Å². The van der Waals surface area contributed by atoms with Crippen LogP contribution in [0.3, 0.4) is 0 Å². The molecule has 0 saturated carbocycles. The number of nitrogens with one attached hydrogen (secondary N) is 1. The number of carbonyl (C=O) groups excluding carboxylic acids is 1. The maximum atomic E-state index is 12.5. The van der Waals surface area contributed by atoms with E-state index in [4.69, 9.17) is 0 Å². The number of hydrogen-bond acceptors (Lipinski definition) is 3. The summed E-state index contributed by atoms with van der Waals surface area (Å²) in [5, 5.41) is 23.2. The van der Waals surface area contributed by atoms with Crippen LogP contribution in [0.5, 0.6) is 0 Å². The molecule has 0 aromatic carbocycles. The highest BCUT2D eigenvalue weighted by Gasteiger charge is 2.18. The minimum atomic E-state index is -0.875. The average molecular weight is 1000 g/mol. The Bertz CT molecular complexity index is 1270. The van der Waals surface area contributed by atoms with Gasteiger partial charge in [-0.1, -0.05) is 317 Å². The Labute approximate surface area is 450 Å². The fraction of sp³-hybridized carbons (Fsp3) is 0.779. The number of carbonyl (C=O) groups is 1. The molecule has 0 bridgehead atoms. The second-order valence-electron chi connectivity index (χ2n) is 21.4. The summed E-state index contributed by atoms with van der Waals surface area (Å²) in [4.78, 5) is 12.5. The predicted molar refractivity (Wildman–Crippen MR) is 322 cm³/mol. The minimum absolute atomic E-state index is 0.0757. The second kappa shape index (κ2) is 62.9. The third-order valence-electron chi connectivity index (χ3n) is 14.3. The van der Waals surface area contributed by atoms with Crippen LogP contribution in [0.1, 0.15) is 322 Å². The van der Waals surface area contributed by atoms with Gasteiger partial charge in [0.25, 0.3) is 0 Å². The van der Waals surface area contributed by atoms with Crippen LogP contribution in [0.4, 0.5) is 0 Å². The van der Waals surface area contributed by atoms with Gasteiger partial charge in [-0.05, 0) is 83.5 Å². The van der Waals surface area contributed by atoms with E-state index in [1.54, 1.807) is 6.08 Å². The topological polar surface area (TPSA) is 69.6 Å². The molecule has 0 heterocycles. The molecule has 0 radical (unpaired) electrons. The van der Waals surface area contributed by atoms with Gasteiger partial charge in [0.15, 0.2) is 0 Å². The van der Waals surface area contributed by atoms with E-state index >= 15 is 0 Å². The van der Waals surface area contributed by atoms with Crippen molar-refractivity contribution in [1.29, 1.82) is 0 Å². The van der Waals surface area contributed by atoms with Crippen molar-refractivity contribution in [3.8, 4) is 0 Å². The number of aliphatic hydroxyl groups excluding tert-OH is 2. The van der Waals surface area contributed by atoms with E-state index in [1.165, 1.54) is 238 Å². The molecule has 0 rings (SSSR count). The molecular formula is C68H123NO3. The maximum absolute atomic E-state index is 12.5. The van der Waals surface area contributed by atoms with Gasteiger partial charge in [-0.25, -0.2) is 0 Å². The summed E-state index contributed by atoms with van der Waals surface area (Å²) in [5.74, 6) is -0.0757. The molecule has 418 valence electrons. The molecule has 0 fully saturated rings. The van der Waals surface area contributed by atoms with Gasteiger partial charge >= 0.3 is 0 Å². The van der Waals surface area contributed by atoms with Crippen LogP contribution >= 0.6 is 0 Å². The first kappa shape index (κ1) is 69.6. The maximum Gasteiger partial charge on any atom is 0.220 e. The summed E-state index contributed by atoms with van der Waals surface area (Å²) in [5.41, 5.74) is 0. The Morgan fingerprint density at radius 3 is 0.972 bits per heavy atom. The average Bonchev–Trinajstić information content (AvgIpc) is 3.39. The lowest BCUT2D eigenvalue weighted by Gasteiger charge is -2.19. The first-order chi connectivity index (χ1) is 35.7. The number of hydrogen-bond donors (Lipinski definition) is 3. The van der Waals surface area contributed by atoms with Crippen LogP contribution in [-0.4, -0.2) is 34.9 Å². The van der Waals surface area contributed by atoms with Crippen molar-refractivity contribution in [2.75, 3.05) is 6.61 Å². The molecule has 0 aliphatic rings. The van der Waals surface area contributed by atoms with Crippen molar-refractivity contribution in [3.05, 3.63) is 85.1 Å². The van der Waals surface area contributed by atoms with E-state index in [2.05, 4.69) is 92.1 Å². The van der Waals surface area contributed by atoms with Gasteiger partial charge in [0.05, 0.1) is 18.8 Å². The smallest absolute Gasteiger partial charge is 0.220 e. The highest BCUT2D eigenvalue weighted by Crippen LogP contribution is 2.17. The predicted octanol–water partition coefficient (Wildman–Crippen LogP) is 21.5. The largest absolute Gasteiger partial charge is 0.394 e. The van der Waals surface area contributed by atoms with Crippen LogP contribution in [0, 0.1) is 0 Å². The number of amides is 1. The molecule has 2 atom stereocenters. The zero-order valence-corrected chi connectivity index (χ0v) is 48.2. The van der Waals surface area contributed by atoms with Gasteiger partial charge in [-0.15, -0.1) is 0 Å². The number of aliphatic hydroxyl groups is 2. The van der Waals surface area contributed by atoms with Gasteiger partial charge in [-0.3, -0.25) is 4.79 Å². The van der Waals surface area contributed by atoms with Gasteiger partial charge in [0.2, 0.25) is 5.91 Å². The summed E-state index contributed by atoms with van der Waals surface area (Å²) in [7, 11) is 0. The van der Waals surface area contributed by atoms with E-state index < -0.39 is 12.1 Å². The molecule has 2 unspecified atom stereocenters. The van der Waals surface area contributed by atoms with Crippen molar-refractivity contribution in [3.63, 3.8) is 0 Å². The zero-order chi connectivity index (χ0) is 52.0. The fourth-order valence-electron chi connectivity index (χ4n) is 9.56. The first-order valence-electron chi connectivity index (χ1n) is 31.8. The molecule has 4 nitrogen and oxygen atoms in total. The van der Waals surface area contributed by atoms with Crippen molar-refractivity contribution in [2.45, 2.75) is 334 Å². The summed E-state index contributed by atoms with van der Waals surface area (Å²) in [6.45, 7) is 4.21. The van der Waals surface area contributed by atoms with Gasteiger partial charge in [-0.2, -0.15) is 0 Å². The lowest BCUT2D eigenvalue weighted by Crippen LogP contribution is -2.45. The van der Waals surface area contributed by atoms with Crippen LogP contribution in [0.2, 0.25) is 0 Å². The normalized spacial score (nSPS) is 13.3. The monoisotopic (exact) mass is 1000 g/mol. The van der Waals surface area contributed by atoms with Gasteiger partial charge in [0.1, 0.15) is 0 Å². The highest BCUT2D eigenvalue weighted by molar-refractivity contribution is 5.76. The molecular weight excluding hydrogens is 879 g/mol. The Morgan fingerprint density at radius 2 is 0.625 bits per heavy atom. The SMILES string of the molecule is CC/C=C\C/C=C\C/C=C\C/C=C\CCCCCCCCCCCCCCCCCCCCC(=O)NC(CO)C(O)/C=C/CC/C=C/CC/C=C/CCCCCCCCCCCCCCCCCCCCC. The van der Waals surface area contributed by atoms with Crippen LogP contribution in [0.25, 0.3) is 0 Å². The number of unbranched alkanes of at least 4 members (excludes halogenated alkanes) is 39. The van der Waals surface area contributed by atoms with Gasteiger partial charge in [0, 0.05) is 6.42 Å². The van der Waals surface area contributed by atoms with Crippen LogP contribution < -0.4 is 5.32 Å². The molecule has 0 spiro atoms. The molecule has 1 amide bonds. The Hall–Kier alpha value is -2.43. The van der Waals surface area contributed by atoms with Crippen LogP contribution in [0.15, 0.2) is 85.1 Å². The van der Waals surface area contributed by atoms with Crippen molar-refractivity contribution in [2.24, 2.45) is 0 Å². The molecule has 0 aliphatic heterocycles. The molecule has 0 aromatic heterocycles. The van der Waals surface area contributed by atoms with E-state index in [0.717, 1.165) is 64.2 Å². The van der Waals surface area contributed by atoms with Gasteiger partial charge < -0.3 is 15.5 Å². The molecule has 0 saturated heterocycles. The van der Waals surface area contributed by atoms with Crippen LogP contribution in [-0.2, 0) is 4.79 Å². The molecule has 0 aromatic rings. The van der Waals surface area contributed by atoms with Crippen molar-refractivity contribution in [1.82, 2.24) is 5.32 Å². The highest BCUT2D eigenvalue weighted by atomic mass is 16.3. The minimum Gasteiger partial charge on any atom is -0.394 e. The summed E-state index contributed by atoms with van der Waals surface area (Å²) in [6, 6.07) is -0.650. The van der Waals surface area contributed by atoms with Crippen molar-refractivity contribution < 1.29 is 15.0 Å².